The predicted molar refractivity (Wildman–Crippen MR) is 120 cm³/mol. The first kappa shape index (κ1) is 25.7. The second-order valence-electron chi connectivity index (χ2n) is 6.81. The first-order valence-electron chi connectivity index (χ1n) is 9.96. The molecule has 35 heavy (non-hydrogen) atoms. The van der Waals surface area contributed by atoms with Crippen molar-refractivity contribution in [3.05, 3.63) is 76.4 Å². The van der Waals surface area contributed by atoms with Crippen LogP contribution in [0.3, 0.4) is 0 Å². The quantitative estimate of drug-likeness (QED) is 0.226. The molecule has 0 spiro atoms. The summed E-state index contributed by atoms with van der Waals surface area (Å²) in [6.45, 7) is -1.51. The molecule has 3 aromatic rings. The van der Waals surface area contributed by atoms with Crippen LogP contribution in [0.1, 0.15) is 17.1 Å². The number of hydrogen-bond donors (Lipinski definition) is 2. The maximum Gasteiger partial charge on any atom is 0.306 e. The van der Waals surface area contributed by atoms with Gasteiger partial charge in [0, 0.05) is 12.4 Å². The fraction of sp³-hybridized carbons (Fsp3) is 0.238. The molecule has 14 heteroatoms. The largest absolute Gasteiger partial charge is 0.359 e. The van der Waals surface area contributed by atoms with Crippen LogP contribution in [0.4, 0.5) is 14.6 Å². The Morgan fingerprint density at radius 1 is 1.23 bits per heavy atom. The van der Waals surface area contributed by atoms with Crippen LogP contribution in [0.5, 0.6) is 0 Å². The third-order valence-electron chi connectivity index (χ3n) is 4.48. The molecule has 0 aliphatic heterocycles. The number of carbonyl (C=O) groups excluding carboxylic acids is 1. The van der Waals surface area contributed by atoms with Crippen molar-refractivity contribution in [3.8, 4) is 6.07 Å². The van der Waals surface area contributed by atoms with Gasteiger partial charge in [-0.05, 0) is 24.3 Å². The van der Waals surface area contributed by atoms with Crippen LogP contribution < -0.4 is 16.2 Å². The summed E-state index contributed by atoms with van der Waals surface area (Å²) in [6.07, 6.45) is 3.77. The van der Waals surface area contributed by atoms with E-state index in [2.05, 4.69) is 30.5 Å². The van der Waals surface area contributed by atoms with Gasteiger partial charge < -0.3 is 10.6 Å². The van der Waals surface area contributed by atoms with Gasteiger partial charge in [-0.3, -0.25) is 24.1 Å². The molecule has 182 valence electrons. The van der Waals surface area contributed by atoms with Crippen LogP contribution in [0.25, 0.3) is 0 Å². The number of amides is 1. The highest BCUT2D eigenvalue weighted by Crippen LogP contribution is 2.25. The highest BCUT2D eigenvalue weighted by molar-refractivity contribution is 7.94. The van der Waals surface area contributed by atoms with Gasteiger partial charge in [0.25, 0.3) is 5.56 Å². The lowest BCUT2D eigenvalue weighted by Gasteiger charge is -2.17. The number of alkyl halides is 2. The Balaban J connectivity index is 1.70. The summed E-state index contributed by atoms with van der Waals surface area (Å²) in [6, 6.07) is 9.21. The number of halogens is 2. The monoisotopic (exact) mass is 503 g/mol. The third-order valence-corrected chi connectivity index (χ3v) is 5.24. The van der Waals surface area contributed by atoms with Gasteiger partial charge in [-0.1, -0.05) is 6.07 Å². The lowest BCUT2D eigenvalue weighted by molar-refractivity contribution is -0.160. The second kappa shape index (κ2) is 12.0. The lowest BCUT2D eigenvalue weighted by Crippen LogP contribution is -2.36. The summed E-state index contributed by atoms with van der Waals surface area (Å²) in [5.74, 6) is -4.45. The minimum absolute atomic E-state index is 0.00178. The maximum atomic E-state index is 14.4. The first-order valence-corrected chi connectivity index (χ1v) is 10.7. The maximum absolute atomic E-state index is 14.4. The zero-order valence-electron chi connectivity index (χ0n) is 18.3. The molecule has 11 nitrogen and oxygen atoms in total. The molecule has 3 rings (SSSR count). The van der Waals surface area contributed by atoms with Crippen LogP contribution in [-0.2, 0) is 33.0 Å². The Morgan fingerprint density at radius 2 is 2.03 bits per heavy atom. The van der Waals surface area contributed by atoms with Crippen molar-refractivity contribution in [2.24, 2.45) is 0 Å². The number of pyridine rings is 2. The standard InChI is InChI=1S/C21H19F2N7O4S/c1-33-34-35-16-5-4-8-25-15(16)11-27-18(31)12-30-14(9-24)10-28-19(20(30)32)29-13-21(22,23)17-6-2-3-7-26-17/h2-8,10H,11-13H2,1H3,(H,27,31)(H,28,29). The Labute approximate surface area is 202 Å². The zero-order valence-corrected chi connectivity index (χ0v) is 19.1. The van der Waals surface area contributed by atoms with Gasteiger partial charge in [0.05, 0.1) is 49.0 Å². The van der Waals surface area contributed by atoms with E-state index in [1.54, 1.807) is 18.2 Å². The third kappa shape index (κ3) is 6.79. The molecule has 0 atom stereocenters. The highest BCUT2D eigenvalue weighted by Gasteiger charge is 2.33. The van der Waals surface area contributed by atoms with Gasteiger partial charge in [0.15, 0.2) is 5.82 Å². The summed E-state index contributed by atoms with van der Waals surface area (Å²) in [4.78, 5) is 42.0. The van der Waals surface area contributed by atoms with E-state index in [0.29, 0.717) is 10.6 Å². The van der Waals surface area contributed by atoms with Crippen LogP contribution >= 0.6 is 12.0 Å². The van der Waals surface area contributed by atoms with E-state index in [0.717, 1.165) is 28.9 Å². The predicted octanol–water partition coefficient (Wildman–Crippen LogP) is 2.01. The van der Waals surface area contributed by atoms with Crippen LogP contribution in [0.2, 0.25) is 0 Å². The molecule has 2 N–H and O–H groups in total. The van der Waals surface area contributed by atoms with Gasteiger partial charge in [-0.25, -0.2) is 9.87 Å². The summed E-state index contributed by atoms with van der Waals surface area (Å²) in [7, 11) is 1.34. The number of carbonyl (C=O) groups is 1. The van der Waals surface area contributed by atoms with Crippen molar-refractivity contribution >= 4 is 23.8 Å². The van der Waals surface area contributed by atoms with E-state index in [4.69, 9.17) is 4.33 Å². The molecule has 0 fully saturated rings. The lowest BCUT2D eigenvalue weighted by atomic mass is 10.2. The summed E-state index contributed by atoms with van der Waals surface area (Å²) < 4.78 is 34.4. The van der Waals surface area contributed by atoms with Gasteiger partial charge in [-0.15, -0.1) is 0 Å². The average Bonchev–Trinajstić information content (AvgIpc) is 2.87. The molecule has 0 saturated carbocycles. The number of nitrogens with zero attached hydrogens (tertiary/aromatic N) is 5. The average molecular weight is 503 g/mol. The van der Waals surface area contributed by atoms with E-state index in [9.17, 15) is 23.6 Å². The van der Waals surface area contributed by atoms with E-state index in [1.807, 2.05) is 0 Å². The normalized spacial score (nSPS) is 11.0. The second-order valence-corrected chi connectivity index (χ2v) is 7.55. The Bertz CT molecular complexity index is 1270. The van der Waals surface area contributed by atoms with Crippen LogP contribution in [0, 0.1) is 11.3 Å². The fourth-order valence-corrected chi connectivity index (χ4v) is 3.30. The van der Waals surface area contributed by atoms with Gasteiger partial charge in [-0.2, -0.15) is 18.4 Å². The van der Waals surface area contributed by atoms with Crippen LogP contribution in [-0.4, -0.2) is 39.1 Å². The van der Waals surface area contributed by atoms with Crippen molar-refractivity contribution < 1.29 is 22.8 Å². The number of anilines is 1. The Kier molecular flexibility index (Phi) is 8.79. The summed E-state index contributed by atoms with van der Waals surface area (Å²) >= 11 is 0.902. The molecule has 3 aromatic heterocycles. The summed E-state index contributed by atoms with van der Waals surface area (Å²) in [5.41, 5.74) is -1.12. The number of aromatic nitrogens is 4. The van der Waals surface area contributed by atoms with Crippen LogP contribution in [0.15, 0.2) is 58.6 Å². The van der Waals surface area contributed by atoms with E-state index < -0.39 is 42.0 Å². The number of hydrogen-bond acceptors (Lipinski definition) is 10. The molecular weight excluding hydrogens is 484 g/mol. The molecule has 3 heterocycles. The first-order chi connectivity index (χ1) is 16.9. The Morgan fingerprint density at radius 3 is 2.74 bits per heavy atom. The smallest absolute Gasteiger partial charge is 0.306 e. The number of rotatable bonds is 11. The van der Waals surface area contributed by atoms with Crippen molar-refractivity contribution in [1.82, 2.24) is 24.8 Å². The molecule has 0 bridgehead atoms. The van der Waals surface area contributed by atoms with Gasteiger partial charge in [0.1, 0.15) is 24.0 Å². The molecule has 0 unspecified atom stereocenters. The molecule has 1 amide bonds. The topological polar surface area (TPSA) is 144 Å². The van der Waals surface area contributed by atoms with Crippen molar-refractivity contribution in [3.63, 3.8) is 0 Å². The van der Waals surface area contributed by atoms with Gasteiger partial charge >= 0.3 is 5.92 Å². The fourth-order valence-electron chi connectivity index (χ4n) is 2.80. The zero-order chi connectivity index (χ0) is 25.3. The molecule has 0 aromatic carbocycles. The van der Waals surface area contributed by atoms with Crippen molar-refractivity contribution in [2.75, 3.05) is 19.0 Å². The molecule has 0 radical (unpaired) electrons. The van der Waals surface area contributed by atoms with E-state index in [-0.39, 0.29) is 12.2 Å². The molecule has 0 saturated heterocycles. The number of nitrogens with one attached hydrogen (secondary N) is 2. The highest BCUT2D eigenvalue weighted by atomic mass is 32.2. The Hall–Kier alpha value is -3.93. The number of nitriles is 1. The summed E-state index contributed by atoms with van der Waals surface area (Å²) in [5, 5.41) is 14.2. The van der Waals surface area contributed by atoms with Crippen molar-refractivity contribution in [2.45, 2.75) is 23.9 Å². The van der Waals surface area contributed by atoms with E-state index in [1.165, 1.54) is 31.6 Å². The molecule has 0 aliphatic carbocycles. The molecular formula is C21H19F2N7O4S. The van der Waals surface area contributed by atoms with Crippen molar-refractivity contribution in [1.29, 1.82) is 5.26 Å². The minimum atomic E-state index is -3.39. The van der Waals surface area contributed by atoms with E-state index >= 15 is 0 Å². The SMILES string of the molecule is COOSc1cccnc1CNC(=O)Cn1c(C#N)cnc(NCC(F)(F)c2ccccn2)c1=O. The molecule has 0 aliphatic rings. The van der Waals surface area contributed by atoms with Gasteiger partial charge in [0.2, 0.25) is 5.91 Å². The minimum Gasteiger partial charge on any atom is -0.359 e.